The van der Waals surface area contributed by atoms with Crippen molar-refractivity contribution < 1.29 is 4.79 Å². The summed E-state index contributed by atoms with van der Waals surface area (Å²) in [7, 11) is 0. The van der Waals surface area contributed by atoms with Crippen LogP contribution in [-0.2, 0) is 11.2 Å². The van der Waals surface area contributed by atoms with Crippen molar-refractivity contribution in [2.45, 2.75) is 64.7 Å². The highest BCUT2D eigenvalue weighted by atomic mass is 16.1. The Hall–Kier alpha value is -1.39. The monoisotopic (exact) mass is 266 g/mol. The van der Waals surface area contributed by atoms with Crippen LogP contribution in [0.25, 0.3) is 0 Å². The predicted molar refractivity (Wildman–Crippen MR) is 75.7 cm³/mol. The summed E-state index contributed by atoms with van der Waals surface area (Å²) < 4.78 is 0. The normalized spacial score (nSPS) is 10.6. The molecule has 2 N–H and O–H groups in total. The summed E-state index contributed by atoms with van der Waals surface area (Å²) in [5, 5.41) is 9.54. The van der Waals surface area contributed by atoms with Crippen molar-refractivity contribution in [2.24, 2.45) is 0 Å². The van der Waals surface area contributed by atoms with Gasteiger partial charge in [0.1, 0.15) is 12.2 Å². The SMILES string of the molecule is CCCCCCCCC(=O)NCCCc1ncn[nH]1. The summed E-state index contributed by atoms with van der Waals surface area (Å²) in [5.41, 5.74) is 0. The molecular formula is C14H26N4O. The van der Waals surface area contributed by atoms with Gasteiger partial charge in [-0.15, -0.1) is 0 Å². The Morgan fingerprint density at radius 2 is 2.00 bits per heavy atom. The lowest BCUT2D eigenvalue weighted by molar-refractivity contribution is -0.121. The second-order valence-electron chi connectivity index (χ2n) is 4.90. The first kappa shape index (κ1) is 15.7. The number of hydrogen-bond donors (Lipinski definition) is 2. The van der Waals surface area contributed by atoms with Crippen molar-refractivity contribution >= 4 is 5.91 Å². The van der Waals surface area contributed by atoms with Crippen LogP contribution in [-0.4, -0.2) is 27.6 Å². The summed E-state index contributed by atoms with van der Waals surface area (Å²) in [5.74, 6) is 1.05. The van der Waals surface area contributed by atoms with Gasteiger partial charge in [0.25, 0.3) is 0 Å². The van der Waals surface area contributed by atoms with E-state index < -0.39 is 0 Å². The summed E-state index contributed by atoms with van der Waals surface area (Å²) >= 11 is 0. The Morgan fingerprint density at radius 1 is 1.21 bits per heavy atom. The molecule has 0 aromatic carbocycles. The van der Waals surface area contributed by atoms with Crippen LogP contribution in [0.3, 0.4) is 0 Å². The molecule has 1 rings (SSSR count). The van der Waals surface area contributed by atoms with Crippen LogP contribution < -0.4 is 5.32 Å². The number of aromatic nitrogens is 3. The maximum atomic E-state index is 11.5. The van der Waals surface area contributed by atoms with E-state index in [1.807, 2.05) is 0 Å². The van der Waals surface area contributed by atoms with Gasteiger partial charge in [-0.1, -0.05) is 39.0 Å². The first-order valence-corrected chi connectivity index (χ1v) is 7.44. The predicted octanol–water partition coefficient (Wildman–Crippen LogP) is 2.60. The number of aromatic amines is 1. The third-order valence-corrected chi connectivity index (χ3v) is 3.13. The van der Waals surface area contributed by atoms with Crippen molar-refractivity contribution in [1.82, 2.24) is 20.5 Å². The van der Waals surface area contributed by atoms with E-state index in [4.69, 9.17) is 0 Å². The van der Waals surface area contributed by atoms with Crippen molar-refractivity contribution in [3.8, 4) is 0 Å². The first-order chi connectivity index (χ1) is 9.33. The molecule has 5 nitrogen and oxygen atoms in total. The number of nitrogens with one attached hydrogen (secondary N) is 2. The molecule has 0 saturated carbocycles. The number of nitrogens with zero attached hydrogens (tertiary/aromatic N) is 2. The van der Waals surface area contributed by atoms with E-state index in [1.165, 1.54) is 38.4 Å². The molecule has 5 heteroatoms. The molecule has 1 aromatic rings. The van der Waals surface area contributed by atoms with Crippen LogP contribution in [0.1, 0.15) is 64.1 Å². The summed E-state index contributed by atoms with van der Waals surface area (Å²) in [4.78, 5) is 15.6. The fraction of sp³-hybridized carbons (Fsp3) is 0.786. The Labute approximate surface area is 115 Å². The average Bonchev–Trinajstić information content (AvgIpc) is 2.92. The van der Waals surface area contributed by atoms with E-state index >= 15 is 0 Å². The lowest BCUT2D eigenvalue weighted by Gasteiger charge is -2.04. The van der Waals surface area contributed by atoms with Gasteiger partial charge in [-0.25, -0.2) is 4.98 Å². The van der Waals surface area contributed by atoms with Gasteiger partial charge in [0.15, 0.2) is 0 Å². The van der Waals surface area contributed by atoms with Gasteiger partial charge in [-0.05, 0) is 12.8 Å². The number of carbonyl (C=O) groups excluding carboxylic acids is 1. The number of hydrogen-bond acceptors (Lipinski definition) is 3. The fourth-order valence-electron chi connectivity index (χ4n) is 1.99. The summed E-state index contributed by atoms with van der Waals surface area (Å²) in [6.45, 7) is 2.93. The third kappa shape index (κ3) is 8.35. The van der Waals surface area contributed by atoms with Gasteiger partial charge < -0.3 is 5.32 Å². The number of rotatable bonds is 11. The van der Waals surface area contributed by atoms with Crippen LogP contribution in [0.5, 0.6) is 0 Å². The van der Waals surface area contributed by atoms with Crippen molar-refractivity contribution in [1.29, 1.82) is 0 Å². The zero-order valence-corrected chi connectivity index (χ0v) is 12.0. The molecule has 0 saturated heterocycles. The molecule has 108 valence electrons. The molecule has 1 aromatic heterocycles. The molecule has 0 spiro atoms. The molecule has 1 heterocycles. The van der Waals surface area contributed by atoms with Gasteiger partial charge in [0.2, 0.25) is 5.91 Å². The molecule has 0 atom stereocenters. The number of H-pyrrole nitrogens is 1. The largest absolute Gasteiger partial charge is 0.356 e. The Morgan fingerprint density at radius 3 is 2.74 bits per heavy atom. The first-order valence-electron chi connectivity index (χ1n) is 7.44. The quantitative estimate of drug-likeness (QED) is 0.605. The standard InChI is InChI=1S/C14H26N4O/c1-2-3-4-5-6-7-10-14(19)15-11-8-9-13-16-12-17-18-13/h12H,2-11H2,1H3,(H,15,19)(H,16,17,18). The topological polar surface area (TPSA) is 70.7 Å². The molecule has 19 heavy (non-hydrogen) atoms. The lowest BCUT2D eigenvalue weighted by Crippen LogP contribution is -2.24. The van der Waals surface area contributed by atoms with E-state index in [1.54, 1.807) is 0 Å². The van der Waals surface area contributed by atoms with Crippen LogP contribution in [0.4, 0.5) is 0 Å². The molecule has 0 bridgehead atoms. The van der Waals surface area contributed by atoms with Crippen LogP contribution >= 0.6 is 0 Å². The molecule has 0 unspecified atom stereocenters. The van der Waals surface area contributed by atoms with Gasteiger partial charge in [0.05, 0.1) is 0 Å². The lowest BCUT2D eigenvalue weighted by atomic mass is 10.1. The van der Waals surface area contributed by atoms with Crippen molar-refractivity contribution in [2.75, 3.05) is 6.54 Å². The smallest absolute Gasteiger partial charge is 0.219 e. The van der Waals surface area contributed by atoms with E-state index in [2.05, 4.69) is 27.4 Å². The second kappa shape index (κ2) is 10.5. The molecule has 0 aliphatic rings. The van der Waals surface area contributed by atoms with Gasteiger partial charge in [-0.3, -0.25) is 9.89 Å². The summed E-state index contributed by atoms with van der Waals surface area (Å²) in [6.07, 6.45) is 11.2. The van der Waals surface area contributed by atoms with E-state index in [-0.39, 0.29) is 5.91 Å². The van der Waals surface area contributed by atoms with E-state index in [0.29, 0.717) is 6.42 Å². The molecule has 1 amide bonds. The Bertz CT molecular complexity index is 324. The molecule has 0 fully saturated rings. The molecular weight excluding hydrogens is 240 g/mol. The zero-order chi connectivity index (χ0) is 13.8. The summed E-state index contributed by atoms with van der Waals surface area (Å²) in [6, 6.07) is 0. The Kier molecular flexibility index (Phi) is 8.68. The highest BCUT2D eigenvalue weighted by Gasteiger charge is 2.01. The minimum absolute atomic E-state index is 0.174. The Balaban J connectivity index is 1.88. The zero-order valence-electron chi connectivity index (χ0n) is 12.0. The number of amides is 1. The van der Waals surface area contributed by atoms with Gasteiger partial charge in [0, 0.05) is 19.4 Å². The van der Waals surface area contributed by atoms with E-state index in [9.17, 15) is 4.79 Å². The number of aryl methyl sites for hydroxylation is 1. The highest BCUT2D eigenvalue weighted by Crippen LogP contribution is 2.06. The fourth-order valence-corrected chi connectivity index (χ4v) is 1.99. The molecule has 0 radical (unpaired) electrons. The third-order valence-electron chi connectivity index (χ3n) is 3.13. The van der Waals surface area contributed by atoms with E-state index in [0.717, 1.165) is 31.6 Å². The van der Waals surface area contributed by atoms with Crippen LogP contribution in [0, 0.1) is 0 Å². The van der Waals surface area contributed by atoms with Gasteiger partial charge in [-0.2, -0.15) is 5.10 Å². The molecule has 0 aliphatic carbocycles. The molecule has 0 aliphatic heterocycles. The second-order valence-corrected chi connectivity index (χ2v) is 4.90. The highest BCUT2D eigenvalue weighted by molar-refractivity contribution is 5.75. The number of unbranched alkanes of at least 4 members (excludes halogenated alkanes) is 5. The maximum absolute atomic E-state index is 11.5. The number of carbonyl (C=O) groups is 1. The maximum Gasteiger partial charge on any atom is 0.219 e. The minimum Gasteiger partial charge on any atom is -0.356 e. The van der Waals surface area contributed by atoms with Crippen molar-refractivity contribution in [3.05, 3.63) is 12.2 Å². The van der Waals surface area contributed by atoms with Crippen LogP contribution in [0.2, 0.25) is 0 Å². The van der Waals surface area contributed by atoms with Crippen molar-refractivity contribution in [3.63, 3.8) is 0 Å². The van der Waals surface area contributed by atoms with Gasteiger partial charge >= 0.3 is 0 Å². The average molecular weight is 266 g/mol. The minimum atomic E-state index is 0.174. The van der Waals surface area contributed by atoms with Crippen LogP contribution in [0.15, 0.2) is 6.33 Å².